The molecule has 0 bridgehead atoms. The van der Waals surface area contributed by atoms with Gasteiger partial charge in [-0.15, -0.1) is 0 Å². The van der Waals surface area contributed by atoms with Crippen molar-refractivity contribution in [1.82, 2.24) is 19.8 Å². The van der Waals surface area contributed by atoms with Crippen LogP contribution in [0.15, 0.2) is 67.0 Å². The van der Waals surface area contributed by atoms with Crippen LogP contribution < -0.4 is 10.2 Å². The molecule has 2 aromatic heterocycles. The van der Waals surface area contributed by atoms with E-state index in [4.69, 9.17) is 12.2 Å². The molecular weight excluding hydrogens is 402 g/mol. The highest BCUT2D eigenvalue weighted by Gasteiger charge is 2.44. The second kappa shape index (κ2) is 8.35. The van der Waals surface area contributed by atoms with Crippen LogP contribution in [0.5, 0.6) is 0 Å². The van der Waals surface area contributed by atoms with Gasteiger partial charge in [-0.1, -0.05) is 18.9 Å². The highest BCUT2D eigenvalue weighted by molar-refractivity contribution is 7.80. The Bertz CT molecular complexity index is 1040. The minimum Gasteiger partial charge on any atom is -0.378 e. The Morgan fingerprint density at radius 3 is 2.45 bits per heavy atom. The highest BCUT2D eigenvalue weighted by Crippen LogP contribution is 2.43. The molecule has 2 atom stereocenters. The van der Waals surface area contributed by atoms with E-state index < -0.39 is 0 Å². The predicted molar refractivity (Wildman–Crippen MR) is 130 cm³/mol. The number of pyridine rings is 1. The molecule has 1 saturated carbocycles. The second-order valence-corrected chi connectivity index (χ2v) is 9.07. The van der Waals surface area contributed by atoms with E-state index in [1.807, 2.05) is 12.3 Å². The Labute approximate surface area is 189 Å². The molecule has 3 aromatic rings. The molecule has 1 aromatic carbocycles. The van der Waals surface area contributed by atoms with E-state index in [0.717, 1.165) is 16.5 Å². The average molecular weight is 432 g/mol. The molecule has 6 heteroatoms. The maximum atomic E-state index is 5.88. The molecule has 1 N–H and O–H groups in total. The van der Waals surface area contributed by atoms with Crippen molar-refractivity contribution in [3.8, 4) is 5.69 Å². The number of aromatic nitrogens is 2. The fourth-order valence-corrected chi connectivity index (χ4v) is 5.43. The van der Waals surface area contributed by atoms with Crippen molar-refractivity contribution in [1.29, 1.82) is 0 Å². The molecule has 3 heterocycles. The molecule has 160 valence electrons. The van der Waals surface area contributed by atoms with Crippen LogP contribution in [-0.2, 0) is 0 Å². The van der Waals surface area contributed by atoms with Crippen LogP contribution >= 0.6 is 12.2 Å². The van der Waals surface area contributed by atoms with Crippen LogP contribution in [0.4, 0.5) is 5.69 Å². The zero-order chi connectivity index (χ0) is 21.4. The van der Waals surface area contributed by atoms with Crippen molar-refractivity contribution in [2.75, 3.05) is 19.0 Å². The molecule has 0 unspecified atom stereocenters. The monoisotopic (exact) mass is 431 g/mol. The Morgan fingerprint density at radius 2 is 1.77 bits per heavy atom. The Balaban J connectivity index is 1.58. The van der Waals surface area contributed by atoms with Crippen LogP contribution in [0.3, 0.4) is 0 Å². The number of hydrogen-bond donors (Lipinski definition) is 1. The van der Waals surface area contributed by atoms with E-state index in [0.29, 0.717) is 6.04 Å². The maximum Gasteiger partial charge on any atom is 0.170 e. The number of nitrogens with zero attached hydrogens (tertiary/aromatic N) is 4. The van der Waals surface area contributed by atoms with Gasteiger partial charge in [0.15, 0.2) is 5.11 Å². The summed E-state index contributed by atoms with van der Waals surface area (Å²) in [5.41, 5.74) is 4.63. The Morgan fingerprint density at radius 1 is 1.00 bits per heavy atom. The van der Waals surface area contributed by atoms with Gasteiger partial charge < -0.3 is 19.7 Å². The number of thiocarbonyl (C=S) groups is 1. The van der Waals surface area contributed by atoms with Gasteiger partial charge in [0.2, 0.25) is 0 Å². The summed E-state index contributed by atoms with van der Waals surface area (Å²) in [6.07, 6.45) is 8.98. The summed E-state index contributed by atoms with van der Waals surface area (Å²) < 4.78 is 2.30. The Kier molecular flexibility index (Phi) is 5.40. The van der Waals surface area contributed by atoms with Crippen LogP contribution in [-0.4, -0.2) is 39.7 Å². The van der Waals surface area contributed by atoms with Gasteiger partial charge in [0.05, 0.1) is 17.8 Å². The molecule has 0 amide bonds. The first-order chi connectivity index (χ1) is 15.1. The van der Waals surface area contributed by atoms with Gasteiger partial charge in [-0.05, 0) is 73.6 Å². The quantitative estimate of drug-likeness (QED) is 0.584. The first-order valence-electron chi connectivity index (χ1n) is 11.1. The van der Waals surface area contributed by atoms with Crippen LogP contribution in [0.2, 0.25) is 0 Å². The van der Waals surface area contributed by atoms with Gasteiger partial charge in [-0.3, -0.25) is 4.98 Å². The molecule has 2 aliphatic rings. The Hall–Kier alpha value is -2.86. The summed E-state index contributed by atoms with van der Waals surface area (Å²) in [6, 6.07) is 19.8. The molecule has 0 spiro atoms. The van der Waals surface area contributed by atoms with E-state index in [2.05, 4.69) is 93.5 Å². The van der Waals surface area contributed by atoms with E-state index in [1.54, 1.807) is 0 Å². The number of nitrogens with one attached hydrogen (secondary N) is 1. The summed E-state index contributed by atoms with van der Waals surface area (Å²) in [5.74, 6) is 0. The third kappa shape index (κ3) is 3.69. The molecule has 0 radical (unpaired) electrons. The van der Waals surface area contributed by atoms with Gasteiger partial charge in [-0.2, -0.15) is 0 Å². The third-order valence-corrected chi connectivity index (χ3v) is 6.91. The average Bonchev–Trinajstić information content (AvgIpc) is 3.54. The summed E-state index contributed by atoms with van der Waals surface area (Å²) >= 11 is 5.88. The van der Waals surface area contributed by atoms with Crippen molar-refractivity contribution in [2.24, 2.45) is 0 Å². The molecule has 31 heavy (non-hydrogen) atoms. The van der Waals surface area contributed by atoms with Crippen molar-refractivity contribution >= 4 is 23.0 Å². The van der Waals surface area contributed by atoms with Crippen molar-refractivity contribution in [3.05, 3.63) is 78.4 Å². The van der Waals surface area contributed by atoms with Gasteiger partial charge in [0, 0.05) is 49.6 Å². The minimum absolute atomic E-state index is 0.0315. The van der Waals surface area contributed by atoms with Gasteiger partial charge >= 0.3 is 0 Å². The molecule has 1 saturated heterocycles. The molecule has 5 nitrogen and oxygen atoms in total. The van der Waals surface area contributed by atoms with Gasteiger partial charge in [0.25, 0.3) is 0 Å². The van der Waals surface area contributed by atoms with E-state index in [9.17, 15) is 0 Å². The van der Waals surface area contributed by atoms with Crippen LogP contribution in [0.1, 0.15) is 49.2 Å². The minimum atomic E-state index is 0.0315. The standard InChI is InChI=1S/C25H29N5S/c1-28(2)18-12-14-19(15-13-18)29-17-7-11-22(29)24-23(21-10-5-6-16-26-21)27-25(31)30(24)20-8-3-4-9-20/h5-7,10-17,20,23-24H,3-4,8-9H2,1-2H3,(H,27,31)/t23-,24+/m1/s1. The van der Waals surface area contributed by atoms with E-state index >= 15 is 0 Å². The second-order valence-electron chi connectivity index (χ2n) is 8.69. The lowest BCUT2D eigenvalue weighted by molar-refractivity contribution is 0.239. The summed E-state index contributed by atoms with van der Waals surface area (Å²) in [4.78, 5) is 9.27. The lowest BCUT2D eigenvalue weighted by Crippen LogP contribution is -2.38. The first kappa shape index (κ1) is 20.1. The molecule has 5 rings (SSSR count). The summed E-state index contributed by atoms with van der Waals surface area (Å²) in [6.45, 7) is 0. The molecule has 1 aliphatic carbocycles. The number of anilines is 1. The fraction of sp³-hybridized carbons (Fsp3) is 0.360. The SMILES string of the molecule is CN(C)c1ccc(-n2cccc2[C@H]2[C@@H](c3ccccn3)NC(=S)N2C2CCCC2)cc1. The van der Waals surface area contributed by atoms with Crippen molar-refractivity contribution in [3.63, 3.8) is 0 Å². The molecule has 2 fully saturated rings. The van der Waals surface area contributed by atoms with Crippen LogP contribution in [0, 0.1) is 0 Å². The largest absolute Gasteiger partial charge is 0.378 e. The zero-order valence-electron chi connectivity index (χ0n) is 18.1. The predicted octanol–water partition coefficient (Wildman–Crippen LogP) is 4.85. The first-order valence-corrected chi connectivity index (χ1v) is 11.5. The normalized spacial score (nSPS) is 21.5. The third-order valence-electron chi connectivity index (χ3n) is 6.58. The number of hydrogen-bond acceptors (Lipinski definition) is 3. The van der Waals surface area contributed by atoms with Gasteiger partial charge in [-0.25, -0.2) is 0 Å². The lowest BCUT2D eigenvalue weighted by atomic mass is 9.99. The van der Waals surface area contributed by atoms with Gasteiger partial charge in [0.1, 0.15) is 0 Å². The highest BCUT2D eigenvalue weighted by atomic mass is 32.1. The smallest absolute Gasteiger partial charge is 0.170 e. The molecule has 1 aliphatic heterocycles. The number of benzene rings is 1. The fourth-order valence-electron chi connectivity index (χ4n) is 5.04. The molecular formula is C25H29N5S. The summed E-state index contributed by atoms with van der Waals surface area (Å²) in [5, 5.41) is 4.46. The zero-order valence-corrected chi connectivity index (χ0v) is 18.9. The van der Waals surface area contributed by atoms with Crippen molar-refractivity contribution in [2.45, 2.75) is 43.8 Å². The topological polar surface area (TPSA) is 36.3 Å². The lowest BCUT2D eigenvalue weighted by Gasteiger charge is -2.33. The van der Waals surface area contributed by atoms with Crippen molar-refractivity contribution < 1.29 is 0 Å². The maximum absolute atomic E-state index is 5.88. The summed E-state index contributed by atoms with van der Waals surface area (Å²) in [7, 11) is 4.14. The van der Waals surface area contributed by atoms with E-state index in [-0.39, 0.29) is 12.1 Å². The van der Waals surface area contributed by atoms with E-state index in [1.165, 1.54) is 37.1 Å². The van der Waals surface area contributed by atoms with Crippen LogP contribution in [0.25, 0.3) is 5.69 Å². The number of rotatable bonds is 5.